The Hall–Kier alpha value is -3.41. The molecule has 4 aromatic rings. The van der Waals surface area contributed by atoms with Gasteiger partial charge < -0.3 is 9.88 Å². The van der Waals surface area contributed by atoms with Crippen molar-refractivity contribution in [1.29, 1.82) is 0 Å². The van der Waals surface area contributed by atoms with Crippen LogP contribution in [-0.2, 0) is 11.3 Å². The quantitative estimate of drug-likeness (QED) is 0.415. The second-order valence-corrected chi connectivity index (χ2v) is 8.97. The predicted molar refractivity (Wildman–Crippen MR) is 123 cm³/mol. The van der Waals surface area contributed by atoms with E-state index >= 15 is 0 Å². The summed E-state index contributed by atoms with van der Waals surface area (Å²) in [5, 5.41) is 12.1. The molecule has 1 fully saturated rings. The van der Waals surface area contributed by atoms with E-state index < -0.39 is 0 Å². The number of aromatic amines is 1. The van der Waals surface area contributed by atoms with Gasteiger partial charge in [0.2, 0.25) is 5.91 Å². The first-order valence-corrected chi connectivity index (χ1v) is 10.8. The van der Waals surface area contributed by atoms with E-state index in [4.69, 9.17) is 0 Å². The number of Topliss-reactive ketones (excluding diaryl/α,β-unsaturated/α-hetero) is 1. The zero-order valence-electron chi connectivity index (χ0n) is 18.0. The molecule has 0 radical (unpaired) electrons. The minimum Gasteiger partial charge on any atom is -0.346 e. The summed E-state index contributed by atoms with van der Waals surface area (Å²) in [5.41, 5.74) is 4.77. The normalized spacial score (nSPS) is 13.9. The maximum absolute atomic E-state index is 12.3. The maximum Gasteiger partial charge on any atom is 0.228 e. The van der Waals surface area contributed by atoms with E-state index in [2.05, 4.69) is 52.1 Å². The number of nitrogens with zero attached hydrogens (tertiary/aromatic N) is 2. The molecule has 2 aromatic heterocycles. The monoisotopic (exact) mass is 414 g/mol. The van der Waals surface area contributed by atoms with E-state index in [0.29, 0.717) is 11.7 Å². The molecule has 0 atom stereocenters. The maximum atomic E-state index is 12.3. The number of fused-ring (bicyclic) bond motifs is 2. The summed E-state index contributed by atoms with van der Waals surface area (Å²) in [6, 6.07) is 12.3. The standard InChI is InChI=1S/C25H26N4O2/c1-14(2)12-29-13-21(15(3)30)20-10-17(7-9-23(20)29)18-6-8-19-22(11-18)27-28-24(19)26-25(31)16-4-5-16/h6-11,13-14,16H,4-5,12H2,1-3H3,(H2,26,27,28,31). The molecule has 2 N–H and O–H groups in total. The molecule has 1 aliphatic carbocycles. The fourth-order valence-corrected chi connectivity index (χ4v) is 4.16. The molecular formula is C25H26N4O2. The number of amides is 1. The molecule has 0 unspecified atom stereocenters. The van der Waals surface area contributed by atoms with E-state index in [1.54, 1.807) is 6.92 Å². The van der Waals surface area contributed by atoms with Crippen molar-refractivity contribution in [2.75, 3.05) is 5.32 Å². The van der Waals surface area contributed by atoms with Crippen molar-refractivity contribution in [2.45, 2.75) is 40.2 Å². The van der Waals surface area contributed by atoms with Crippen LogP contribution in [0.1, 0.15) is 44.0 Å². The molecule has 6 heteroatoms. The number of nitrogens with one attached hydrogen (secondary N) is 2. The Morgan fingerprint density at radius 3 is 2.58 bits per heavy atom. The molecule has 0 saturated heterocycles. The summed E-state index contributed by atoms with van der Waals surface area (Å²) in [4.78, 5) is 24.4. The molecule has 0 aliphatic heterocycles. The van der Waals surface area contributed by atoms with Crippen LogP contribution in [0.5, 0.6) is 0 Å². The van der Waals surface area contributed by atoms with Crippen molar-refractivity contribution < 1.29 is 9.59 Å². The number of H-pyrrole nitrogens is 1. The van der Waals surface area contributed by atoms with Gasteiger partial charge in [-0.1, -0.05) is 26.0 Å². The van der Waals surface area contributed by atoms with E-state index in [0.717, 1.165) is 57.9 Å². The SMILES string of the molecule is CC(=O)c1cn(CC(C)C)c2ccc(-c3ccc4c(NC(=O)C5CC5)n[nH]c4c3)cc12. The van der Waals surface area contributed by atoms with Gasteiger partial charge in [-0.3, -0.25) is 14.7 Å². The van der Waals surface area contributed by atoms with Gasteiger partial charge in [-0.2, -0.15) is 5.10 Å². The zero-order valence-corrected chi connectivity index (χ0v) is 18.0. The fraction of sp³-hybridized carbons (Fsp3) is 0.320. The first kappa shape index (κ1) is 19.5. The highest BCUT2D eigenvalue weighted by Crippen LogP contribution is 2.33. The van der Waals surface area contributed by atoms with Gasteiger partial charge in [0.15, 0.2) is 11.6 Å². The third kappa shape index (κ3) is 3.63. The first-order chi connectivity index (χ1) is 14.9. The van der Waals surface area contributed by atoms with Crippen LogP contribution >= 0.6 is 0 Å². The summed E-state index contributed by atoms with van der Waals surface area (Å²) >= 11 is 0. The van der Waals surface area contributed by atoms with Crippen molar-refractivity contribution in [1.82, 2.24) is 14.8 Å². The molecule has 6 nitrogen and oxygen atoms in total. The Bertz CT molecular complexity index is 1320. The largest absolute Gasteiger partial charge is 0.346 e. The lowest BCUT2D eigenvalue weighted by Gasteiger charge is -2.09. The Morgan fingerprint density at radius 2 is 1.87 bits per heavy atom. The van der Waals surface area contributed by atoms with Gasteiger partial charge in [-0.15, -0.1) is 0 Å². The Labute approximate surface area is 180 Å². The molecule has 1 saturated carbocycles. The number of carbonyl (C=O) groups excluding carboxylic acids is 2. The molecule has 31 heavy (non-hydrogen) atoms. The lowest BCUT2D eigenvalue weighted by molar-refractivity contribution is -0.117. The van der Waals surface area contributed by atoms with Gasteiger partial charge in [0.25, 0.3) is 0 Å². The summed E-state index contributed by atoms with van der Waals surface area (Å²) in [7, 11) is 0. The third-order valence-electron chi connectivity index (χ3n) is 5.91. The Morgan fingerprint density at radius 1 is 1.13 bits per heavy atom. The van der Waals surface area contributed by atoms with Crippen LogP contribution in [-0.4, -0.2) is 26.5 Å². The summed E-state index contributed by atoms with van der Waals surface area (Å²) in [5.74, 6) is 1.33. The Kier molecular flexibility index (Phi) is 4.65. The summed E-state index contributed by atoms with van der Waals surface area (Å²) < 4.78 is 2.17. The third-order valence-corrected chi connectivity index (χ3v) is 5.91. The molecule has 0 bridgehead atoms. The van der Waals surface area contributed by atoms with Gasteiger partial charge >= 0.3 is 0 Å². The van der Waals surface area contributed by atoms with Gasteiger partial charge in [0.05, 0.1) is 5.52 Å². The number of ketones is 1. The number of anilines is 1. The van der Waals surface area contributed by atoms with Crippen molar-refractivity contribution in [2.24, 2.45) is 11.8 Å². The van der Waals surface area contributed by atoms with Crippen LogP contribution in [0.3, 0.4) is 0 Å². The van der Waals surface area contributed by atoms with Crippen LogP contribution in [0.4, 0.5) is 5.82 Å². The van der Waals surface area contributed by atoms with Crippen molar-refractivity contribution in [3.63, 3.8) is 0 Å². The number of aromatic nitrogens is 3. The van der Waals surface area contributed by atoms with Crippen molar-refractivity contribution in [3.8, 4) is 11.1 Å². The zero-order chi connectivity index (χ0) is 21.7. The lowest BCUT2D eigenvalue weighted by Crippen LogP contribution is -2.13. The number of hydrogen-bond acceptors (Lipinski definition) is 3. The van der Waals surface area contributed by atoms with Crippen molar-refractivity contribution >= 4 is 39.3 Å². The highest BCUT2D eigenvalue weighted by Gasteiger charge is 2.30. The molecule has 1 aliphatic rings. The number of hydrogen-bond donors (Lipinski definition) is 2. The van der Waals surface area contributed by atoms with Crippen LogP contribution in [0.2, 0.25) is 0 Å². The van der Waals surface area contributed by atoms with Gasteiger partial charge in [0.1, 0.15) is 0 Å². The second-order valence-electron chi connectivity index (χ2n) is 8.97. The number of benzene rings is 2. The van der Waals surface area contributed by atoms with E-state index in [9.17, 15) is 9.59 Å². The molecular weight excluding hydrogens is 388 g/mol. The lowest BCUT2D eigenvalue weighted by atomic mass is 10.0. The minimum absolute atomic E-state index is 0.0469. The van der Waals surface area contributed by atoms with E-state index in [1.165, 1.54) is 0 Å². The minimum atomic E-state index is 0.0469. The van der Waals surface area contributed by atoms with Crippen LogP contribution in [0.15, 0.2) is 42.6 Å². The predicted octanol–water partition coefficient (Wildman–Crippen LogP) is 5.39. The number of rotatable bonds is 6. The molecule has 1 amide bonds. The van der Waals surface area contributed by atoms with E-state index in [-0.39, 0.29) is 17.6 Å². The second kappa shape index (κ2) is 7.38. The van der Waals surface area contributed by atoms with Crippen LogP contribution < -0.4 is 5.32 Å². The fourth-order valence-electron chi connectivity index (χ4n) is 4.16. The molecule has 2 heterocycles. The van der Waals surface area contributed by atoms with Gasteiger partial charge in [-0.25, -0.2) is 0 Å². The van der Waals surface area contributed by atoms with Crippen molar-refractivity contribution in [3.05, 3.63) is 48.2 Å². The molecule has 5 rings (SSSR count). The highest BCUT2D eigenvalue weighted by atomic mass is 16.2. The first-order valence-electron chi connectivity index (χ1n) is 10.8. The Balaban J connectivity index is 1.53. The molecule has 0 spiro atoms. The highest BCUT2D eigenvalue weighted by molar-refractivity contribution is 6.08. The summed E-state index contributed by atoms with van der Waals surface area (Å²) in [6.45, 7) is 6.84. The average molecular weight is 415 g/mol. The molecule has 2 aromatic carbocycles. The van der Waals surface area contributed by atoms with Gasteiger partial charge in [-0.05, 0) is 61.1 Å². The summed E-state index contributed by atoms with van der Waals surface area (Å²) in [6.07, 6.45) is 3.90. The van der Waals surface area contributed by atoms with E-state index in [1.807, 2.05) is 24.4 Å². The molecule has 158 valence electrons. The van der Waals surface area contributed by atoms with Crippen LogP contribution in [0.25, 0.3) is 32.9 Å². The van der Waals surface area contributed by atoms with Gasteiger partial charge in [0, 0.05) is 40.5 Å². The average Bonchev–Trinajstić information content (AvgIpc) is 3.44. The smallest absolute Gasteiger partial charge is 0.228 e. The van der Waals surface area contributed by atoms with Crippen LogP contribution in [0, 0.1) is 11.8 Å². The topological polar surface area (TPSA) is 79.8 Å². The number of carbonyl (C=O) groups is 2.